The Morgan fingerprint density at radius 3 is 2.61 bits per heavy atom. The maximum absolute atomic E-state index is 14.0. The quantitative estimate of drug-likeness (QED) is 0.526. The van der Waals surface area contributed by atoms with E-state index in [0.29, 0.717) is 24.2 Å². The lowest BCUT2D eigenvalue weighted by Crippen LogP contribution is -2.78. The van der Waals surface area contributed by atoms with Crippen LogP contribution in [0.4, 0.5) is 0 Å². The second kappa shape index (κ2) is 6.57. The molecule has 1 N–H and O–H groups in total. The number of aryl methyl sites for hydroxylation is 1. The molecule has 4 aliphatic carbocycles. The van der Waals surface area contributed by atoms with Crippen molar-refractivity contribution in [3.8, 4) is 0 Å². The molecule has 0 radical (unpaired) electrons. The van der Waals surface area contributed by atoms with E-state index in [-0.39, 0.29) is 34.4 Å². The number of rotatable bonds is 2. The predicted octanol–water partition coefficient (Wildman–Crippen LogP) is 4.61. The van der Waals surface area contributed by atoms with Gasteiger partial charge in [-0.1, -0.05) is 44.5 Å². The number of Topliss-reactive ketones (excluding diaryl/α,β-unsaturated/α-hetero) is 1. The lowest BCUT2D eigenvalue weighted by atomic mass is 9.37. The molecule has 6 aliphatic rings. The van der Waals surface area contributed by atoms with E-state index in [2.05, 4.69) is 20.4 Å². The van der Waals surface area contributed by atoms with Crippen molar-refractivity contribution in [2.24, 2.45) is 34.0 Å². The number of aliphatic hydroxyl groups is 1. The zero-order chi connectivity index (χ0) is 23.4. The lowest BCUT2D eigenvalue weighted by Gasteiger charge is -2.72. The second-order valence-corrected chi connectivity index (χ2v) is 12.1. The van der Waals surface area contributed by atoms with Gasteiger partial charge in [0.05, 0.1) is 12.2 Å². The van der Waals surface area contributed by atoms with Crippen LogP contribution in [0.5, 0.6) is 0 Å². The standard InChI is InChI=1S/C28H34O5/c1-16-6-8-18(9-7-16)24(30)33-23-19-10-11-20-26-13-5-12-25(3,4)21(26)14-27(31,32-15-26)28(20,23)22(29)17(19)2/h6-9,19-21,23,31H,2,5,10-15H2,1,3-4H3/t19-,20-,21+,23+,26+,27+,28-/m0/s1. The summed E-state index contributed by atoms with van der Waals surface area (Å²) in [7, 11) is 0. The van der Waals surface area contributed by atoms with Gasteiger partial charge in [-0.15, -0.1) is 0 Å². The molecule has 1 aromatic rings. The van der Waals surface area contributed by atoms with Crippen LogP contribution in [-0.4, -0.2) is 35.4 Å². The second-order valence-electron chi connectivity index (χ2n) is 12.1. The highest BCUT2D eigenvalue weighted by molar-refractivity contribution is 6.05. The molecular formula is C28H34O5. The van der Waals surface area contributed by atoms with Gasteiger partial charge in [0.2, 0.25) is 0 Å². The molecule has 7 atom stereocenters. The molecule has 4 saturated carbocycles. The van der Waals surface area contributed by atoms with E-state index in [4.69, 9.17) is 9.47 Å². The molecular weight excluding hydrogens is 416 g/mol. The number of hydrogen-bond acceptors (Lipinski definition) is 5. The fourth-order valence-corrected chi connectivity index (χ4v) is 8.83. The Bertz CT molecular complexity index is 1060. The highest BCUT2D eigenvalue weighted by Gasteiger charge is 2.83. The van der Waals surface area contributed by atoms with Crippen molar-refractivity contribution in [2.75, 3.05) is 6.61 Å². The number of hydrogen-bond donors (Lipinski definition) is 1. The van der Waals surface area contributed by atoms with Crippen molar-refractivity contribution >= 4 is 11.8 Å². The van der Waals surface area contributed by atoms with Gasteiger partial charge in [-0.25, -0.2) is 4.79 Å². The molecule has 2 spiro atoms. The van der Waals surface area contributed by atoms with Gasteiger partial charge >= 0.3 is 5.97 Å². The first-order valence-electron chi connectivity index (χ1n) is 12.4. The minimum atomic E-state index is -1.63. The number of carbonyl (C=O) groups is 2. The van der Waals surface area contributed by atoms with Gasteiger partial charge in [-0.05, 0) is 67.6 Å². The third-order valence-electron chi connectivity index (χ3n) is 10.3. The summed E-state index contributed by atoms with van der Waals surface area (Å²) in [5.74, 6) is -2.27. The van der Waals surface area contributed by atoms with Crippen LogP contribution in [0.3, 0.4) is 0 Å². The summed E-state index contributed by atoms with van der Waals surface area (Å²) in [6.07, 6.45) is 4.47. The maximum atomic E-state index is 14.0. The van der Waals surface area contributed by atoms with Gasteiger partial charge in [0, 0.05) is 17.8 Å². The summed E-state index contributed by atoms with van der Waals surface area (Å²) in [5.41, 5.74) is 0.652. The van der Waals surface area contributed by atoms with Crippen molar-refractivity contribution < 1.29 is 24.2 Å². The van der Waals surface area contributed by atoms with Crippen LogP contribution in [0.15, 0.2) is 36.4 Å². The highest BCUT2D eigenvalue weighted by atomic mass is 16.6. The molecule has 2 aliphatic heterocycles. The zero-order valence-corrected chi connectivity index (χ0v) is 19.9. The number of ketones is 1. The van der Waals surface area contributed by atoms with Crippen LogP contribution in [0.25, 0.3) is 0 Å². The molecule has 33 heavy (non-hydrogen) atoms. The van der Waals surface area contributed by atoms with Crippen LogP contribution < -0.4 is 0 Å². The number of carbonyl (C=O) groups excluding carboxylic acids is 2. The molecule has 4 bridgehead atoms. The summed E-state index contributed by atoms with van der Waals surface area (Å²) in [5, 5.41) is 12.2. The fraction of sp³-hybridized carbons (Fsp3) is 0.643. The first-order chi connectivity index (χ1) is 15.6. The average Bonchev–Trinajstić information content (AvgIpc) is 2.89. The monoisotopic (exact) mass is 450 g/mol. The summed E-state index contributed by atoms with van der Waals surface area (Å²) in [6.45, 7) is 11.2. The first kappa shape index (κ1) is 21.5. The van der Waals surface area contributed by atoms with Gasteiger partial charge in [-0.3, -0.25) is 4.79 Å². The van der Waals surface area contributed by atoms with E-state index in [1.54, 1.807) is 12.1 Å². The first-order valence-corrected chi connectivity index (χ1v) is 12.4. The number of ether oxygens (including phenoxy) is 2. The van der Waals surface area contributed by atoms with E-state index in [9.17, 15) is 14.7 Å². The van der Waals surface area contributed by atoms with E-state index >= 15 is 0 Å². The van der Waals surface area contributed by atoms with E-state index < -0.39 is 23.3 Å². The highest BCUT2D eigenvalue weighted by Crippen LogP contribution is 2.76. The maximum Gasteiger partial charge on any atom is 0.338 e. The third kappa shape index (κ3) is 2.45. The van der Waals surface area contributed by atoms with E-state index in [1.807, 2.05) is 19.1 Å². The molecule has 2 heterocycles. The van der Waals surface area contributed by atoms with Gasteiger partial charge in [-0.2, -0.15) is 0 Å². The van der Waals surface area contributed by atoms with Crippen molar-refractivity contribution in [1.82, 2.24) is 0 Å². The Morgan fingerprint density at radius 1 is 1.15 bits per heavy atom. The topological polar surface area (TPSA) is 72.8 Å². The van der Waals surface area contributed by atoms with Crippen LogP contribution >= 0.6 is 0 Å². The lowest BCUT2D eigenvalue weighted by molar-refractivity contribution is -0.414. The van der Waals surface area contributed by atoms with Gasteiger partial charge in [0.15, 0.2) is 11.6 Å². The van der Waals surface area contributed by atoms with Gasteiger partial charge < -0.3 is 14.6 Å². The Labute approximate surface area is 195 Å². The normalized spacial score (nSPS) is 44.8. The minimum Gasteiger partial charge on any atom is -0.457 e. The van der Waals surface area contributed by atoms with Crippen molar-refractivity contribution in [3.63, 3.8) is 0 Å². The Kier molecular flexibility index (Phi) is 4.29. The summed E-state index contributed by atoms with van der Waals surface area (Å²) in [4.78, 5) is 27.2. The SMILES string of the molecule is C=C1C(=O)[C@]23[C@H](OC(=O)c4ccc(C)cc4)[C@H]1CC[C@H]2[C@]12CCCC(C)(C)[C@H]1C[C@@]3(O)OC2. The molecule has 0 aromatic heterocycles. The van der Waals surface area contributed by atoms with E-state index in [1.165, 1.54) is 0 Å². The molecule has 176 valence electrons. The predicted molar refractivity (Wildman–Crippen MR) is 122 cm³/mol. The van der Waals surface area contributed by atoms with Gasteiger partial charge in [0.1, 0.15) is 11.5 Å². The van der Waals surface area contributed by atoms with Gasteiger partial charge in [0.25, 0.3) is 0 Å². The largest absolute Gasteiger partial charge is 0.457 e. The molecule has 5 heteroatoms. The zero-order valence-electron chi connectivity index (χ0n) is 19.9. The molecule has 6 fully saturated rings. The average molecular weight is 451 g/mol. The number of esters is 1. The number of fused-ring (bicyclic) bond motifs is 2. The summed E-state index contributed by atoms with van der Waals surface area (Å²) in [6, 6.07) is 7.27. The summed E-state index contributed by atoms with van der Waals surface area (Å²) < 4.78 is 12.5. The van der Waals surface area contributed by atoms with Crippen molar-refractivity contribution in [2.45, 2.75) is 71.2 Å². The molecule has 5 nitrogen and oxygen atoms in total. The molecule has 1 aromatic carbocycles. The third-order valence-corrected chi connectivity index (χ3v) is 10.3. The molecule has 7 rings (SSSR count). The Morgan fingerprint density at radius 2 is 1.88 bits per heavy atom. The Balaban J connectivity index is 1.47. The molecule has 0 amide bonds. The molecule has 2 saturated heterocycles. The van der Waals surface area contributed by atoms with Crippen LogP contribution in [0.1, 0.15) is 68.3 Å². The minimum absolute atomic E-state index is 0.0686. The number of benzene rings is 1. The smallest absolute Gasteiger partial charge is 0.338 e. The van der Waals surface area contributed by atoms with E-state index in [0.717, 1.165) is 37.7 Å². The van der Waals surface area contributed by atoms with Crippen LogP contribution in [0.2, 0.25) is 0 Å². The molecule has 0 unspecified atom stereocenters. The van der Waals surface area contributed by atoms with Crippen molar-refractivity contribution in [1.29, 1.82) is 0 Å². The van der Waals surface area contributed by atoms with Crippen molar-refractivity contribution in [3.05, 3.63) is 47.5 Å². The summed E-state index contributed by atoms with van der Waals surface area (Å²) >= 11 is 0. The Hall–Kier alpha value is -1.98. The van der Waals surface area contributed by atoms with Crippen LogP contribution in [-0.2, 0) is 14.3 Å². The fourth-order valence-electron chi connectivity index (χ4n) is 8.83. The van der Waals surface area contributed by atoms with Crippen LogP contribution in [0, 0.1) is 40.9 Å².